The Hall–Kier alpha value is -1.89. The Morgan fingerprint density at radius 2 is 1.19 bits per heavy atom. The zero-order valence-corrected chi connectivity index (χ0v) is 12.8. The molecule has 0 amide bonds. The molecule has 1 heteroatoms. The highest BCUT2D eigenvalue weighted by Crippen LogP contribution is 2.22. The smallest absolute Gasteiger partial charge is 0.193 e. The number of carbonyl (C=O) groups is 1. The van der Waals surface area contributed by atoms with Gasteiger partial charge in [0.1, 0.15) is 0 Å². The van der Waals surface area contributed by atoms with Gasteiger partial charge in [0.15, 0.2) is 5.78 Å². The van der Waals surface area contributed by atoms with E-state index >= 15 is 0 Å². The molecule has 0 aliphatic heterocycles. The third-order valence-corrected chi connectivity index (χ3v) is 3.97. The molecule has 0 unspecified atom stereocenters. The van der Waals surface area contributed by atoms with Gasteiger partial charge in [0, 0.05) is 11.1 Å². The fourth-order valence-electron chi connectivity index (χ4n) is 2.65. The van der Waals surface area contributed by atoms with Gasteiger partial charge in [-0.3, -0.25) is 4.79 Å². The van der Waals surface area contributed by atoms with Crippen LogP contribution in [0.1, 0.15) is 54.9 Å². The van der Waals surface area contributed by atoms with Crippen LogP contribution in [0.4, 0.5) is 0 Å². The van der Waals surface area contributed by atoms with E-state index in [0.717, 1.165) is 17.0 Å². The van der Waals surface area contributed by atoms with Gasteiger partial charge in [0.25, 0.3) is 0 Å². The van der Waals surface area contributed by atoms with E-state index in [1.807, 2.05) is 60.7 Å². The van der Waals surface area contributed by atoms with Crippen LogP contribution in [-0.4, -0.2) is 5.78 Å². The van der Waals surface area contributed by atoms with Crippen LogP contribution in [0.15, 0.2) is 60.7 Å². The third kappa shape index (κ3) is 5.18. The van der Waals surface area contributed by atoms with Gasteiger partial charge in [0.2, 0.25) is 0 Å². The normalized spacial score (nSPS) is 14.9. The van der Waals surface area contributed by atoms with Crippen LogP contribution in [0, 0.1) is 5.92 Å². The molecule has 1 fully saturated rings. The number of benzene rings is 2. The van der Waals surface area contributed by atoms with Crippen LogP contribution in [-0.2, 0) is 0 Å². The van der Waals surface area contributed by atoms with Crippen molar-refractivity contribution in [2.75, 3.05) is 0 Å². The van der Waals surface area contributed by atoms with Crippen molar-refractivity contribution in [3.63, 3.8) is 0 Å². The minimum Gasteiger partial charge on any atom is -0.289 e. The maximum Gasteiger partial charge on any atom is 0.193 e. The van der Waals surface area contributed by atoms with E-state index in [4.69, 9.17) is 0 Å². The summed E-state index contributed by atoms with van der Waals surface area (Å²) >= 11 is 0. The first-order chi connectivity index (χ1) is 10.3. The quantitative estimate of drug-likeness (QED) is 0.663. The summed E-state index contributed by atoms with van der Waals surface area (Å²) in [5, 5.41) is 0. The molecule has 0 aromatic heterocycles. The van der Waals surface area contributed by atoms with Crippen LogP contribution in [0.5, 0.6) is 0 Å². The summed E-state index contributed by atoms with van der Waals surface area (Å²) in [6.07, 6.45) is 7.44. The predicted octanol–water partition coefficient (Wildman–Crippen LogP) is 5.50. The van der Waals surface area contributed by atoms with Gasteiger partial charge in [-0.2, -0.15) is 0 Å². The van der Waals surface area contributed by atoms with Crippen LogP contribution in [0.3, 0.4) is 0 Å². The highest BCUT2D eigenvalue weighted by Gasteiger charge is 2.06. The van der Waals surface area contributed by atoms with Crippen molar-refractivity contribution in [2.45, 2.75) is 39.0 Å². The second kappa shape index (κ2) is 8.41. The molecule has 3 rings (SSSR count). The molecule has 0 bridgehead atoms. The number of rotatable bonds is 2. The van der Waals surface area contributed by atoms with E-state index in [-0.39, 0.29) is 5.78 Å². The van der Waals surface area contributed by atoms with Crippen LogP contribution in [0.25, 0.3) is 0 Å². The van der Waals surface area contributed by atoms with E-state index in [9.17, 15) is 4.79 Å². The number of hydrogen-bond acceptors (Lipinski definition) is 1. The van der Waals surface area contributed by atoms with Crippen molar-refractivity contribution in [1.82, 2.24) is 0 Å². The second-order valence-corrected chi connectivity index (χ2v) is 5.80. The lowest BCUT2D eigenvalue weighted by atomic mass is 9.91. The molecule has 0 heterocycles. The molecule has 0 saturated heterocycles. The Kier molecular flexibility index (Phi) is 6.21. The van der Waals surface area contributed by atoms with Crippen LogP contribution >= 0.6 is 0 Å². The van der Waals surface area contributed by atoms with Gasteiger partial charge in [-0.05, 0) is 5.92 Å². The SMILES string of the molecule is CC1CCCCC1.O=C(c1ccccc1)c1ccccc1. The van der Waals surface area contributed by atoms with E-state index in [1.165, 1.54) is 32.1 Å². The van der Waals surface area contributed by atoms with Crippen LogP contribution in [0.2, 0.25) is 0 Å². The maximum absolute atomic E-state index is 11.8. The molecule has 1 aliphatic carbocycles. The lowest BCUT2D eigenvalue weighted by molar-refractivity contribution is 0.103. The Labute approximate surface area is 128 Å². The molecule has 0 radical (unpaired) electrons. The largest absolute Gasteiger partial charge is 0.289 e. The minimum atomic E-state index is 0.0752. The van der Waals surface area contributed by atoms with Crippen molar-refractivity contribution in [3.05, 3.63) is 71.8 Å². The molecule has 1 saturated carbocycles. The number of hydrogen-bond donors (Lipinski definition) is 0. The maximum atomic E-state index is 11.8. The van der Waals surface area contributed by atoms with Crippen LogP contribution < -0.4 is 0 Å². The Morgan fingerprint density at radius 1 is 0.762 bits per heavy atom. The van der Waals surface area contributed by atoms with Crippen molar-refractivity contribution < 1.29 is 4.79 Å². The molecule has 2 aromatic carbocycles. The highest BCUT2D eigenvalue weighted by molar-refractivity contribution is 6.08. The van der Waals surface area contributed by atoms with E-state index in [1.54, 1.807) is 0 Å². The summed E-state index contributed by atoms with van der Waals surface area (Å²) in [7, 11) is 0. The summed E-state index contributed by atoms with van der Waals surface area (Å²) in [6, 6.07) is 18.6. The monoisotopic (exact) mass is 280 g/mol. The topological polar surface area (TPSA) is 17.1 Å². The van der Waals surface area contributed by atoms with Gasteiger partial charge in [-0.25, -0.2) is 0 Å². The summed E-state index contributed by atoms with van der Waals surface area (Å²) in [4.78, 5) is 11.8. The van der Waals surface area contributed by atoms with Gasteiger partial charge >= 0.3 is 0 Å². The van der Waals surface area contributed by atoms with Crippen molar-refractivity contribution in [1.29, 1.82) is 0 Å². The van der Waals surface area contributed by atoms with Crippen molar-refractivity contribution in [2.24, 2.45) is 5.92 Å². The summed E-state index contributed by atoms with van der Waals surface area (Å²) < 4.78 is 0. The average molecular weight is 280 g/mol. The highest BCUT2D eigenvalue weighted by atomic mass is 16.1. The predicted molar refractivity (Wildman–Crippen MR) is 88.6 cm³/mol. The molecule has 0 N–H and O–H groups in total. The van der Waals surface area contributed by atoms with E-state index in [0.29, 0.717) is 0 Å². The molecule has 0 atom stereocenters. The van der Waals surface area contributed by atoms with Gasteiger partial charge < -0.3 is 0 Å². The Bertz CT molecular complexity index is 483. The molecule has 21 heavy (non-hydrogen) atoms. The zero-order chi connectivity index (χ0) is 14.9. The lowest BCUT2D eigenvalue weighted by Gasteiger charge is -2.15. The molecular formula is C20H24O. The van der Waals surface area contributed by atoms with Gasteiger partial charge in [-0.15, -0.1) is 0 Å². The fourth-order valence-corrected chi connectivity index (χ4v) is 2.65. The summed E-state index contributed by atoms with van der Waals surface area (Å²) in [6.45, 7) is 2.36. The standard InChI is InChI=1S/C13H10O.C7H14/c14-13(11-7-3-1-4-8-11)12-9-5-2-6-10-12;1-7-5-3-2-4-6-7/h1-10H;7H,2-6H2,1H3. The third-order valence-electron chi connectivity index (χ3n) is 3.97. The lowest BCUT2D eigenvalue weighted by Crippen LogP contribution is -1.99. The number of ketones is 1. The Morgan fingerprint density at radius 3 is 1.52 bits per heavy atom. The molecule has 0 spiro atoms. The number of carbonyl (C=O) groups excluding carboxylic acids is 1. The van der Waals surface area contributed by atoms with Gasteiger partial charge in [-0.1, -0.05) is 99.7 Å². The van der Waals surface area contributed by atoms with E-state index in [2.05, 4.69) is 6.92 Å². The summed E-state index contributed by atoms with van der Waals surface area (Å²) in [5.41, 5.74) is 1.47. The molecular weight excluding hydrogens is 256 g/mol. The first-order valence-corrected chi connectivity index (χ1v) is 7.92. The Balaban J connectivity index is 0.000000194. The first-order valence-electron chi connectivity index (χ1n) is 7.92. The van der Waals surface area contributed by atoms with Gasteiger partial charge in [0.05, 0.1) is 0 Å². The molecule has 110 valence electrons. The average Bonchev–Trinajstić information content (AvgIpc) is 2.57. The minimum absolute atomic E-state index is 0.0752. The molecule has 1 nitrogen and oxygen atoms in total. The van der Waals surface area contributed by atoms with Crippen molar-refractivity contribution in [3.8, 4) is 0 Å². The van der Waals surface area contributed by atoms with Crippen molar-refractivity contribution >= 4 is 5.78 Å². The second-order valence-electron chi connectivity index (χ2n) is 5.80. The fraction of sp³-hybridized carbons (Fsp3) is 0.350. The summed E-state index contributed by atoms with van der Waals surface area (Å²) in [5.74, 6) is 1.11. The molecule has 2 aromatic rings. The molecule has 1 aliphatic rings. The first kappa shape index (κ1) is 15.5. The zero-order valence-electron chi connectivity index (χ0n) is 12.8. The van der Waals surface area contributed by atoms with E-state index < -0.39 is 0 Å².